The highest BCUT2D eigenvalue weighted by Crippen LogP contribution is 2.46. The standard InChI is InChI=1S/C27H22O7/c1-12-7-14-6-5-13-8-17-18(11-16(13)22(14)26(34-4)21(12)27(30)31)24(28)19-9-15(32-2)10-20(33-3)23(19)25(17)29/h7-11H,5-6H2,1-4H3,(H,30,31). The number of aryl methyl sites for hydroxylation is 3. The van der Waals surface area contributed by atoms with Crippen molar-refractivity contribution in [1.82, 2.24) is 0 Å². The molecule has 0 unspecified atom stereocenters. The van der Waals surface area contributed by atoms with Crippen molar-refractivity contribution >= 4 is 17.5 Å². The van der Waals surface area contributed by atoms with Crippen LogP contribution in [0.3, 0.4) is 0 Å². The van der Waals surface area contributed by atoms with E-state index in [1.54, 1.807) is 31.2 Å². The Kier molecular flexibility index (Phi) is 4.93. The number of aromatic carboxylic acids is 1. The van der Waals surface area contributed by atoms with Crippen LogP contribution in [0.1, 0.15) is 58.9 Å². The van der Waals surface area contributed by atoms with Gasteiger partial charge >= 0.3 is 5.97 Å². The van der Waals surface area contributed by atoms with Gasteiger partial charge in [0.15, 0.2) is 11.6 Å². The molecule has 0 aromatic heterocycles. The lowest BCUT2D eigenvalue weighted by Crippen LogP contribution is -2.23. The number of carboxylic acid groups (broad SMARTS) is 1. The first-order valence-corrected chi connectivity index (χ1v) is 10.8. The summed E-state index contributed by atoms with van der Waals surface area (Å²) in [6.07, 6.45) is 1.32. The summed E-state index contributed by atoms with van der Waals surface area (Å²) in [7, 11) is 4.37. The minimum Gasteiger partial charge on any atom is -0.497 e. The van der Waals surface area contributed by atoms with Crippen molar-refractivity contribution in [3.63, 3.8) is 0 Å². The van der Waals surface area contributed by atoms with Crippen LogP contribution >= 0.6 is 0 Å². The van der Waals surface area contributed by atoms with Gasteiger partial charge < -0.3 is 19.3 Å². The third kappa shape index (κ3) is 2.93. The lowest BCUT2D eigenvalue weighted by atomic mass is 9.76. The number of rotatable bonds is 4. The lowest BCUT2D eigenvalue weighted by Gasteiger charge is -2.27. The summed E-state index contributed by atoms with van der Waals surface area (Å²) in [5.41, 5.74) is 4.89. The summed E-state index contributed by atoms with van der Waals surface area (Å²) < 4.78 is 16.3. The van der Waals surface area contributed by atoms with Gasteiger partial charge in [-0.1, -0.05) is 6.07 Å². The first-order chi connectivity index (χ1) is 16.3. The van der Waals surface area contributed by atoms with Crippen LogP contribution in [-0.4, -0.2) is 44.0 Å². The van der Waals surface area contributed by atoms with Crippen LogP contribution in [-0.2, 0) is 12.8 Å². The summed E-state index contributed by atoms with van der Waals surface area (Å²) in [6, 6.07) is 8.44. The Balaban J connectivity index is 1.78. The number of carbonyl (C=O) groups excluding carboxylic acids is 2. The predicted octanol–water partition coefficient (Wildman–Crippen LogP) is 4.26. The largest absolute Gasteiger partial charge is 0.497 e. The van der Waals surface area contributed by atoms with Crippen molar-refractivity contribution < 1.29 is 33.7 Å². The van der Waals surface area contributed by atoms with Crippen LogP contribution in [0, 0.1) is 6.92 Å². The summed E-state index contributed by atoms with van der Waals surface area (Å²) >= 11 is 0. The van der Waals surface area contributed by atoms with Crippen LogP contribution in [0.5, 0.6) is 17.2 Å². The molecule has 0 saturated heterocycles. The van der Waals surface area contributed by atoms with Gasteiger partial charge in [-0.2, -0.15) is 0 Å². The third-order valence-corrected chi connectivity index (χ3v) is 6.65. The number of hydrogen-bond donors (Lipinski definition) is 1. The number of ketones is 2. The topological polar surface area (TPSA) is 99.1 Å². The fourth-order valence-corrected chi connectivity index (χ4v) is 5.11. The molecule has 3 aromatic rings. The van der Waals surface area contributed by atoms with E-state index in [-0.39, 0.29) is 45.3 Å². The quantitative estimate of drug-likeness (QED) is 0.488. The zero-order valence-electron chi connectivity index (χ0n) is 19.2. The average Bonchev–Trinajstić information content (AvgIpc) is 2.84. The number of hydrogen-bond acceptors (Lipinski definition) is 6. The zero-order chi connectivity index (χ0) is 24.3. The lowest BCUT2D eigenvalue weighted by molar-refractivity contribution is 0.0692. The fraction of sp³-hybridized carbons (Fsp3) is 0.222. The van der Waals surface area contributed by atoms with Crippen LogP contribution < -0.4 is 14.2 Å². The molecule has 172 valence electrons. The Bertz CT molecular complexity index is 1430. The van der Waals surface area contributed by atoms with Gasteiger partial charge in [-0.25, -0.2) is 4.79 Å². The van der Waals surface area contributed by atoms with Gasteiger partial charge in [0.05, 0.1) is 26.9 Å². The minimum atomic E-state index is -1.08. The third-order valence-electron chi connectivity index (χ3n) is 6.65. The average molecular weight is 458 g/mol. The number of carbonyl (C=O) groups is 3. The minimum absolute atomic E-state index is 0.0917. The van der Waals surface area contributed by atoms with Crippen LogP contribution in [0.15, 0.2) is 30.3 Å². The van der Waals surface area contributed by atoms with Crippen LogP contribution in [0.2, 0.25) is 0 Å². The fourth-order valence-electron chi connectivity index (χ4n) is 5.11. The maximum absolute atomic E-state index is 13.6. The number of methoxy groups -OCH3 is 3. The van der Waals surface area contributed by atoms with E-state index in [1.165, 1.54) is 21.3 Å². The molecular weight excluding hydrogens is 436 g/mol. The van der Waals surface area contributed by atoms with E-state index in [0.717, 1.165) is 11.1 Å². The van der Waals surface area contributed by atoms with Crippen molar-refractivity contribution in [2.45, 2.75) is 19.8 Å². The first kappa shape index (κ1) is 21.7. The van der Waals surface area contributed by atoms with E-state index in [9.17, 15) is 19.5 Å². The van der Waals surface area contributed by atoms with E-state index >= 15 is 0 Å². The van der Waals surface area contributed by atoms with Crippen molar-refractivity contribution in [2.24, 2.45) is 0 Å². The molecule has 3 aromatic carbocycles. The molecular formula is C27H22O7. The Hall–Kier alpha value is -4.13. The molecule has 2 aliphatic rings. The Morgan fingerprint density at radius 1 is 0.765 bits per heavy atom. The first-order valence-electron chi connectivity index (χ1n) is 10.8. The monoisotopic (exact) mass is 458 g/mol. The second-order valence-corrected chi connectivity index (χ2v) is 8.41. The summed E-state index contributed by atoms with van der Waals surface area (Å²) in [5.74, 6) is -0.735. The molecule has 2 aliphatic carbocycles. The van der Waals surface area contributed by atoms with Gasteiger partial charge in [0.1, 0.15) is 22.8 Å². The molecule has 7 heteroatoms. The number of fused-ring (bicyclic) bond motifs is 5. The van der Waals surface area contributed by atoms with E-state index in [0.29, 0.717) is 40.8 Å². The second-order valence-electron chi connectivity index (χ2n) is 8.41. The number of ether oxygens (including phenoxy) is 3. The van der Waals surface area contributed by atoms with Gasteiger partial charge in [0.2, 0.25) is 0 Å². The molecule has 0 bridgehead atoms. The normalized spacial score (nSPS) is 13.4. The van der Waals surface area contributed by atoms with Crippen molar-refractivity contribution in [3.05, 3.63) is 74.8 Å². The summed E-state index contributed by atoms with van der Waals surface area (Å²) in [5, 5.41) is 9.80. The molecule has 0 spiro atoms. The Labute approximate surface area is 195 Å². The highest BCUT2D eigenvalue weighted by Gasteiger charge is 2.36. The maximum atomic E-state index is 13.6. The second kappa shape index (κ2) is 7.73. The van der Waals surface area contributed by atoms with Crippen LogP contribution in [0.4, 0.5) is 0 Å². The molecule has 0 amide bonds. The maximum Gasteiger partial charge on any atom is 0.339 e. The molecule has 0 radical (unpaired) electrons. The molecule has 5 rings (SSSR count). The smallest absolute Gasteiger partial charge is 0.339 e. The molecule has 7 nitrogen and oxygen atoms in total. The molecule has 0 atom stereocenters. The van der Waals surface area contributed by atoms with E-state index in [4.69, 9.17) is 14.2 Å². The van der Waals surface area contributed by atoms with Gasteiger partial charge in [0.25, 0.3) is 0 Å². The summed E-state index contributed by atoms with van der Waals surface area (Å²) in [4.78, 5) is 39.1. The van der Waals surface area contributed by atoms with Gasteiger partial charge in [0, 0.05) is 28.3 Å². The van der Waals surface area contributed by atoms with Crippen molar-refractivity contribution in [2.75, 3.05) is 21.3 Å². The van der Waals surface area contributed by atoms with Gasteiger partial charge in [-0.05, 0) is 60.2 Å². The van der Waals surface area contributed by atoms with Crippen molar-refractivity contribution in [3.8, 4) is 28.4 Å². The Morgan fingerprint density at radius 3 is 2.12 bits per heavy atom. The molecule has 1 N–H and O–H groups in total. The highest BCUT2D eigenvalue weighted by atomic mass is 16.5. The molecule has 34 heavy (non-hydrogen) atoms. The molecule has 0 aliphatic heterocycles. The van der Waals surface area contributed by atoms with E-state index in [2.05, 4.69) is 0 Å². The molecule has 0 saturated carbocycles. The SMILES string of the molecule is COc1cc(OC)c2c(c1)C(=O)c1cc3c(cc1C2=O)CCc1cc(C)c(C(=O)O)c(OC)c1-3. The molecule has 0 fully saturated rings. The number of carboxylic acids is 1. The predicted molar refractivity (Wildman–Crippen MR) is 124 cm³/mol. The van der Waals surface area contributed by atoms with Crippen molar-refractivity contribution in [1.29, 1.82) is 0 Å². The zero-order valence-corrected chi connectivity index (χ0v) is 19.2. The van der Waals surface area contributed by atoms with Crippen LogP contribution in [0.25, 0.3) is 11.1 Å². The Morgan fingerprint density at radius 2 is 1.47 bits per heavy atom. The van der Waals surface area contributed by atoms with Gasteiger partial charge in [-0.15, -0.1) is 0 Å². The highest BCUT2D eigenvalue weighted by molar-refractivity contribution is 6.30. The number of benzene rings is 3. The van der Waals surface area contributed by atoms with Gasteiger partial charge in [-0.3, -0.25) is 9.59 Å². The summed E-state index contributed by atoms with van der Waals surface area (Å²) in [6.45, 7) is 1.74. The molecule has 0 heterocycles. The van der Waals surface area contributed by atoms with E-state index < -0.39 is 5.97 Å². The van der Waals surface area contributed by atoms with E-state index in [1.807, 2.05) is 6.07 Å².